The Kier molecular flexibility index (Phi) is 3.77. The molecule has 0 atom stereocenters. The average Bonchev–Trinajstić information content (AvgIpc) is 2.77. The fourth-order valence-corrected chi connectivity index (χ4v) is 1.44. The topological polar surface area (TPSA) is 55.6 Å². The number of aromatic nitrogens is 4. The van der Waals surface area contributed by atoms with Gasteiger partial charge in [-0.05, 0) is 30.0 Å². The number of halogens is 1. The molecule has 0 saturated carbocycles. The molecule has 6 heteroatoms. The van der Waals surface area contributed by atoms with Crippen molar-refractivity contribution < 1.29 is 4.39 Å². The Morgan fingerprint density at radius 3 is 2.76 bits per heavy atom. The fraction of sp³-hybridized carbons (Fsp3) is 0.364. The van der Waals surface area contributed by atoms with E-state index in [0.717, 1.165) is 12.1 Å². The molecule has 0 fully saturated rings. The van der Waals surface area contributed by atoms with E-state index in [0.29, 0.717) is 18.8 Å². The number of rotatable bonds is 5. The predicted molar refractivity (Wildman–Crippen MR) is 60.9 cm³/mol. The second kappa shape index (κ2) is 5.49. The normalized spacial score (nSPS) is 10.7. The van der Waals surface area contributed by atoms with E-state index in [1.807, 2.05) is 7.05 Å². The number of tetrazole rings is 1. The quantitative estimate of drug-likeness (QED) is 0.825. The molecule has 0 saturated heterocycles. The van der Waals surface area contributed by atoms with Crippen LogP contribution in [0.5, 0.6) is 0 Å². The minimum Gasteiger partial charge on any atom is -0.318 e. The Balaban J connectivity index is 1.98. The summed E-state index contributed by atoms with van der Waals surface area (Å²) in [5, 5.41) is 15.1. The smallest absolute Gasteiger partial charge is 0.179 e. The van der Waals surface area contributed by atoms with Gasteiger partial charge in [-0.1, -0.05) is 12.1 Å². The van der Waals surface area contributed by atoms with Crippen molar-refractivity contribution in [3.05, 3.63) is 41.5 Å². The second-order valence-electron chi connectivity index (χ2n) is 3.71. The van der Waals surface area contributed by atoms with E-state index in [-0.39, 0.29) is 5.82 Å². The van der Waals surface area contributed by atoms with Crippen LogP contribution in [0.1, 0.15) is 11.4 Å². The molecular formula is C11H14FN5. The van der Waals surface area contributed by atoms with Gasteiger partial charge in [0.1, 0.15) is 5.82 Å². The lowest BCUT2D eigenvalue weighted by molar-refractivity contribution is 0.506. The van der Waals surface area contributed by atoms with Crippen LogP contribution in [0.2, 0.25) is 0 Å². The van der Waals surface area contributed by atoms with Crippen LogP contribution in [-0.4, -0.2) is 33.8 Å². The van der Waals surface area contributed by atoms with Crippen molar-refractivity contribution in [2.24, 2.45) is 0 Å². The van der Waals surface area contributed by atoms with Crippen LogP contribution in [0.3, 0.4) is 0 Å². The van der Waals surface area contributed by atoms with Crippen LogP contribution < -0.4 is 5.32 Å². The zero-order valence-electron chi connectivity index (χ0n) is 9.60. The van der Waals surface area contributed by atoms with Gasteiger partial charge in [0.15, 0.2) is 5.82 Å². The summed E-state index contributed by atoms with van der Waals surface area (Å²) >= 11 is 0. The minimum atomic E-state index is -0.237. The summed E-state index contributed by atoms with van der Waals surface area (Å²) in [7, 11) is 1.87. The first kappa shape index (κ1) is 11.7. The van der Waals surface area contributed by atoms with Gasteiger partial charge in [0.25, 0.3) is 0 Å². The van der Waals surface area contributed by atoms with E-state index >= 15 is 0 Å². The monoisotopic (exact) mass is 235 g/mol. The number of nitrogens with zero attached hydrogens (tertiary/aromatic N) is 4. The average molecular weight is 235 g/mol. The van der Waals surface area contributed by atoms with Crippen LogP contribution in [0.25, 0.3) is 0 Å². The van der Waals surface area contributed by atoms with Gasteiger partial charge in [0, 0.05) is 13.0 Å². The minimum absolute atomic E-state index is 0.237. The molecule has 17 heavy (non-hydrogen) atoms. The van der Waals surface area contributed by atoms with E-state index in [1.165, 1.54) is 12.1 Å². The lowest BCUT2D eigenvalue weighted by atomic mass is 10.1. The highest BCUT2D eigenvalue weighted by Gasteiger charge is 2.03. The third-order valence-corrected chi connectivity index (χ3v) is 2.33. The van der Waals surface area contributed by atoms with E-state index in [1.54, 1.807) is 16.9 Å². The molecule has 0 radical (unpaired) electrons. The highest BCUT2D eigenvalue weighted by Crippen LogP contribution is 2.06. The molecule has 90 valence electrons. The van der Waals surface area contributed by atoms with Gasteiger partial charge in [-0.25, -0.2) is 4.39 Å². The van der Waals surface area contributed by atoms with Gasteiger partial charge >= 0.3 is 0 Å². The van der Waals surface area contributed by atoms with Crippen molar-refractivity contribution >= 4 is 0 Å². The number of benzene rings is 1. The molecule has 2 aromatic rings. The molecule has 0 aliphatic rings. The molecule has 2 rings (SSSR count). The van der Waals surface area contributed by atoms with E-state index < -0.39 is 0 Å². The highest BCUT2D eigenvalue weighted by molar-refractivity contribution is 5.19. The summed E-state index contributed by atoms with van der Waals surface area (Å²) in [6.45, 7) is 1.49. The summed E-state index contributed by atoms with van der Waals surface area (Å²) in [6, 6.07) is 6.31. The van der Waals surface area contributed by atoms with Gasteiger partial charge in [0.2, 0.25) is 0 Å². The van der Waals surface area contributed by atoms with Crippen LogP contribution in [-0.2, 0) is 13.0 Å². The van der Waals surface area contributed by atoms with Crippen LogP contribution in [0, 0.1) is 5.82 Å². The second-order valence-corrected chi connectivity index (χ2v) is 3.71. The van der Waals surface area contributed by atoms with Gasteiger partial charge in [0.05, 0.1) is 6.54 Å². The Hall–Kier alpha value is -1.82. The summed E-state index contributed by atoms with van der Waals surface area (Å²) in [5.41, 5.74) is 0.972. The number of likely N-dealkylation sites (N-methyl/N-ethyl adjacent to an activating group) is 1. The molecule has 0 aliphatic heterocycles. The summed E-state index contributed by atoms with van der Waals surface area (Å²) in [5.74, 6) is 0.409. The maximum absolute atomic E-state index is 12.7. The van der Waals surface area contributed by atoms with Crippen LogP contribution in [0.4, 0.5) is 4.39 Å². The Morgan fingerprint density at radius 1 is 1.29 bits per heavy atom. The molecule has 0 unspecified atom stereocenters. The van der Waals surface area contributed by atoms with E-state index in [9.17, 15) is 4.39 Å². The molecule has 0 aliphatic carbocycles. The largest absolute Gasteiger partial charge is 0.318 e. The van der Waals surface area contributed by atoms with Gasteiger partial charge in [-0.15, -0.1) is 10.2 Å². The first-order valence-electron chi connectivity index (χ1n) is 5.43. The number of nitrogens with one attached hydrogen (secondary N) is 1. The Bertz CT molecular complexity index is 465. The summed E-state index contributed by atoms with van der Waals surface area (Å²) < 4.78 is 12.7. The molecule has 1 aromatic carbocycles. The molecular weight excluding hydrogens is 221 g/mol. The first-order chi connectivity index (χ1) is 8.28. The van der Waals surface area contributed by atoms with Crippen molar-refractivity contribution in [2.45, 2.75) is 13.0 Å². The molecule has 0 amide bonds. The van der Waals surface area contributed by atoms with Crippen molar-refractivity contribution in [3.8, 4) is 0 Å². The lowest BCUT2D eigenvalue weighted by Crippen LogP contribution is -2.16. The maximum atomic E-state index is 12.7. The molecule has 1 heterocycles. The van der Waals surface area contributed by atoms with E-state index in [4.69, 9.17) is 0 Å². The third kappa shape index (κ3) is 3.32. The number of hydrogen-bond acceptors (Lipinski definition) is 4. The number of hydrogen-bond donors (Lipinski definition) is 1. The standard InChI is InChI=1S/C11H14FN5/c1-13-6-7-17-15-11(14-16-17)8-9-2-4-10(12)5-3-9/h2-5,13H,6-8H2,1H3. The highest BCUT2D eigenvalue weighted by atomic mass is 19.1. The molecule has 0 bridgehead atoms. The molecule has 1 aromatic heterocycles. The lowest BCUT2D eigenvalue weighted by Gasteiger charge is -1.97. The molecule has 5 nitrogen and oxygen atoms in total. The van der Waals surface area contributed by atoms with E-state index in [2.05, 4.69) is 20.7 Å². The predicted octanol–water partition coefficient (Wildman–Crippen LogP) is 0.622. The zero-order valence-corrected chi connectivity index (χ0v) is 9.60. The van der Waals surface area contributed by atoms with Crippen molar-refractivity contribution in [1.82, 2.24) is 25.5 Å². The zero-order chi connectivity index (χ0) is 12.1. The first-order valence-corrected chi connectivity index (χ1v) is 5.43. The Labute approximate surface area is 98.6 Å². The molecule has 0 spiro atoms. The maximum Gasteiger partial charge on any atom is 0.179 e. The fourth-order valence-electron chi connectivity index (χ4n) is 1.44. The van der Waals surface area contributed by atoms with Crippen LogP contribution >= 0.6 is 0 Å². The third-order valence-electron chi connectivity index (χ3n) is 2.33. The van der Waals surface area contributed by atoms with Gasteiger partial charge in [-0.2, -0.15) is 4.80 Å². The summed E-state index contributed by atoms with van der Waals surface area (Å²) in [6.07, 6.45) is 0.569. The Morgan fingerprint density at radius 2 is 2.06 bits per heavy atom. The van der Waals surface area contributed by atoms with Crippen molar-refractivity contribution in [1.29, 1.82) is 0 Å². The van der Waals surface area contributed by atoms with Crippen molar-refractivity contribution in [2.75, 3.05) is 13.6 Å². The SMILES string of the molecule is CNCCn1nnc(Cc2ccc(F)cc2)n1. The van der Waals surface area contributed by atoms with Crippen molar-refractivity contribution in [3.63, 3.8) is 0 Å². The summed E-state index contributed by atoms with van der Waals surface area (Å²) in [4.78, 5) is 1.55. The van der Waals surface area contributed by atoms with Crippen LogP contribution in [0.15, 0.2) is 24.3 Å². The van der Waals surface area contributed by atoms with Gasteiger partial charge in [-0.3, -0.25) is 0 Å². The molecule has 1 N–H and O–H groups in total. The van der Waals surface area contributed by atoms with Gasteiger partial charge < -0.3 is 5.32 Å².